The molecule has 1 aliphatic carbocycles. The average Bonchev–Trinajstić information content (AvgIpc) is 2.90. The van der Waals surface area contributed by atoms with Gasteiger partial charge in [0.25, 0.3) is 5.91 Å². The molecular weight excluding hydrogens is 260 g/mol. The Morgan fingerprint density at radius 3 is 3.00 bits per heavy atom. The van der Waals surface area contributed by atoms with Gasteiger partial charge in [0.1, 0.15) is 5.76 Å². The number of carbonyl (C=O) groups is 1. The normalized spacial score (nSPS) is 15.0. The van der Waals surface area contributed by atoms with Gasteiger partial charge in [-0.15, -0.1) is 11.3 Å². The van der Waals surface area contributed by atoms with Gasteiger partial charge in [0.15, 0.2) is 5.13 Å². The highest BCUT2D eigenvalue weighted by Gasteiger charge is 2.34. The largest absolute Gasteiger partial charge is 0.465 e. The summed E-state index contributed by atoms with van der Waals surface area (Å²) in [6, 6.07) is 3.92. The summed E-state index contributed by atoms with van der Waals surface area (Å²) in [6.07, 6.45) is 6.94. The van der Waals surface area contributed by atoms with Crippen LogP contribution in [0.4, 0.5) is 5.13 Å². The van der Waals surface area contributed by atoms with Crippen LogP contribution in [0.15, 0.2) is 34.3 Å². The van der Waals surface area contributed by atoms with Gasteiger partial charge >= 0.3 is 0 Å². The molecule has 1 aliphatic rings. The van der Waals surface area contributed by atoms with Gasteiger partial charge in [0, 0.05) is 17.5 Å². The lowest BCUT2D eigenvalue weighted by molar-refractivity contribution is -0.114. The number of hydrogen-bond acceptors (Lipinski definition) is 4. The van der Waals surface area contributed by atoms with Crippen molar-refractivity contribution in [3.05, 3.63) is 41.3 Å². The molecule has 0 aliphatic heterocycles. The van der Waals surface area contributed by atoms with Gasteiger partial charge in [-0.3, -0.25) is 9.69 Å². The van der Waals surface area contributed by atoms with Crippen molar-refractivity contribution in [2.45, 2.75) is 25.8 Å². The second-order valence-electron chi connectivity index (χ2n) is 4.56. The van der Waals surface area contributed by atoms with E-state index in [0.29, 0.717) is 11.8 Å². The zero-order valence-corrected chi connectivity index (χ0v) is 11.4. The van der Waals surface area contributed by atoms with Crippen LogP contribution in [0, 0.1) is 6.92 Å². The van der Waals surface area contributed by atoms with Crippen LogP contribution in [0.3, 0.4) is 0 Å². The molecule has 0 atom stereocenters. The number of furan rings is 1. The van der Waals surface area contributed by atoms with Gasteiger partial charge in [0.05, 0.1) is 12.0 Å². The van der Waals surface area contributed by atoms with E-state index < -0.39 is 0 Å². The number of aryl methyl sites for hydroxylation is 1. The Morgan fingerprint density at radius 1 is 1.58 bits per heavy atom. The quantitative estimate of drug-likeness (QED) is 0.804. The first-order chi connectivity index (χ1) is 9.24. The lowest BCUT2D eigenvalue weighted by Crippen LogP contribution is -2.31. The summed E-state index contributed by atoms with van der Waals surface area (Å²) in [5.74, 6) is 0.646. The van der Waals surface area contributed by atoms with Crippen molar-refractivity contribution >= 4 is 28.5 Å². The molecule has 0 unspecified atom stereocenters. The third-order valence-electron chi connectivity index (χ3n) is 2.90. The van der Waals surface area contributed by atoms with E-state index in [1.54, 1.807) is 29.4 Å². The molecule has 0 N–H and O–H groups in total. The summed E-state index contributed by atoms with van der Waals surface area (Å²) in [5.41, 5.74) is 0.952. The number of carbonyl (C=O) groups excluding carboxylic acids is 1. The number of thiazole rings is 1. The molecule has 2 aromatic heterocycles. The van der Waals surface area contributed by atoms with E-state index in [9.17, 15) is 4.79 Å². The van der Waals surface area contributed by atoms with E-state index in [4.69, 9.17) is 4.42 Å². The van der Waals surface area contributed by atoms with Crippen LogP contribution in [-0.4, -0.2) is 16.9 Å². The smallest absolute Gasteiger partial charge is 0.253 e. The van der Waals surface area contributed by atoms with Crippen LogP contribution >= 0.6 is 11.3 Å². The highest BCUT2D eigenvalue weighted by atomic mass is 32.1. The molecule has 0 spiro atoms. The fourth-order valence-corrected chi connectivity index (χ4v) is 2.71. The standard InChI is InChI=1S/C14H14N2O2S/c1-10-9-19-14(15-10)16(11-4-5-11)13(17)7-6-12-3-2-8-18-12/h2-3,6-9,11H,4-5H2,1H3. The van der Waals surface area contributed by atoms with Crippen LogP contribution in [0.25, 0.3) is 6.08 Å². The van der Waals surface area contributed by atoms with Crippen LogP contribution in [0.2, 0.25) is 0 Å². The molecule has 2 aromatic rings. The molecule has 2 heterocycles. The molecule has 1 amide bonds. The van der Waals surface area contributed by atoms with Gasteiger partial charge < -0.3 is 4.42 Å². The summed E-state index contributed by atoms with van der Waals surface area (Å²) in [7, 11) is 0. The van der Waals surface area contributed by atoms with Gasteiger partial charge in [-0.25, -0.2) is 4.98 Å². The number of aromatic nitrogens is 1. The minimum absolute atomic E-state index is 0.0340. The summed E-state index contributed by atoms with van der Waals surface area (Å²) >= 11 is 1.51. The zero-order valence-electron chi connectivity index (χ0n) is 10.6. The van der Waals surface area contributed by atoms with Crippen molar-refractivity contribution in [1.82, 2.24) is 4.98 Å². The van der Waals surface area contributed by atoms with E-state index in [1.807, 2.05) is 18.4 Å². The van der Waals surface area contributed by atoms with Gasteiger partial charge in [0.2, 0.25) is 0 Å². The Balaban J connectivity index is 1.79. The van der Waals surface area contributed by atoms with Crippen molar-refractivity contribution < 1.29 is 9.21 Å². The third-order valence-corrected chi connectivity index (χ3v) is 3.85. The third kappa shape index (κ3) is 2.76. The first-order valence-corrected chi connectivity index (χ1v) is 7.09. The summed E-state index contributed by atoms with van der Waals surface area (Å²) in [6.45, 7) is 1.94. The lowest BCUT2D eigenvalue weighted by Gasteiger charge is -2.16. The minimum atomic E-state index is -0.0340. The summed E-state index contributed by atoms with van der Waals surface area (Å²) < 4.78 is 5.18. The topological polar surface area (TPSA) is 46.3 Å². The van der Waals surface area contributed by atoms with E-state index in [2.05, 4.69) is 4.98 Å². The van der Waals surface area contributed by atoms with Crippen LogP contribution in [-0.2, 0) is 4.79 Å². The molecule has 4 nitrogen and oxygen atoms in total. The maximum absolute atomic E-state index is 12.3. The number of hydrogen-bond donors (Lipinski definition) is 0. The number of anilines is 1. The highest BCUT2D eigenvalue weighted by molar-refractivity contribution is 7.14. The Morgan fingerprint density at radius 2 is 2.42 bits per heavy atom. The van der Waals surface area contributed by atoms with E-state index >= 15 is 0 Å². The van der Waals surface area contributed by atoms with Crippen molar-refractivity contribution in [3.63, 3.8) is 0 Å². The first kappa shape index (κ1) is 12.2. The highest BCUT2D eigenvalue weighted by Crippen LogP contribution is 2.33. The number of rotatable bonds is 4. The van der Waals surface area contributed by atoms with Crippen molar-refractivity contribution in [3.8, 4) is 0 Å². The number of nitrogens with zero attached hydrogens (tertiary/aromatic N) is 2. The first-order valence-electron chi connectivity index (χ1n) is 6.21. The Labute approximate surface area is 115 Å². The van der Waals surface area contributed by atoms with Crippen molar-refractivity contribution in [1.29, 1.82) is 0 Å². The number of amides is 1. The SMILES string of the molecule is Cc1csc(N(C(=O)C=Cc2ccco2)C2CC2)n1. The molecule has 1 saturated carbocycles. The molecule has 0 saturated heterocycles. The molecule has 0 aromatic carbocycles. The minimum Gasteiger partial charge on any atom is -0.465 e. The second kappa shape index (κ2) is 5.01. The zero-order chi connectivity index (χ0) is 13.2. The molecule has 0 radical (unpaired) electrons. The van der Waals surface area contributed by atoms with Crippen LogP contribution in [0.5, 0.6) is 0 Å². The molecule has 19 heavy (non-hydrogen) atoms. The molecule has 1 fully saturated rings. The van der Waals surface area contributed by atoms with E-state index in [1.165, 1.54) is 11.3 Å². The Bertz CT molecular complexity index is 597. The molecule has 5 heteroatoms. The molecule has 3 rings (SSSR count). The molecular formula is C14H14N2O2S. The van der Waals surface area contributed by atoms with E-state index in [-0.39, 0.29) is 5.91 Å². The predicted octanol–water partition coefficient (Wildman–Crippen LogP) is 3.25. The van der Waals surface area contributed by atoms with Gasteiger partial charge in [-0.2, -0.15) is 0 Å². The fourth-order valence-electron chi connectivity index (χ4n) is 1.84. The maximum atomic E-state index is 12.3. The maximum Gasteiger partial charge on any atom is 0.253 e. The lowest BCUT2D eigenvalue weighted by atomic mass is 10.3. The summed E-state index contributed by atoms with van der Waals surface area (Å²) in [5, 5.41) is 2.75. The Kier molecular flexibility index (Phi) is 3.21. The van der Waals surface area contributed by atoms with Crippen molar-refractivity contribution in [2.24, 2.45) is 0 Å². The summed E-state index contributed by atoms with van der Waals surface area (Å²) in [4.78, 5) is 18.5. The van der Waals surface area contributed by atoms with Crippen molar-refractivity contribution in [2.75, 3.05) is 4.90 Å². The fraction of sp³-hybridized carbons (Fsp3) is 0.286. The second-order valence-corrected chi connectivity index (χ2v) is 5.40. The van der Waals surface area contributed by atoms with Gasteiger partial charge in [-0.1, -0.05) is 0 Å². The monoisotopic (exact) mass is 274 g/mol. The van der Waals surface area contributed by atoms with Crippen LogP contribution < -0.4 is 4.90 Å². The predicted molar refractivity (Wildman–Crippen MR) is 75.1 cm³/mol. The van der Waals surface area contributed by atoms with Crippen LogP contribution in [0.1, 0.15) is 24.3 Å². The Hall–Kier alpha value is -1.88. The average molecular weight is 274 g/mol. The van der Waals surface area contributed by atoms with Gasteiger partial charge in [-0.05, 0) is 38.0 Å². The molecule has 0 bridgehead atoms. The molecule has 98 valence electrons. The van der Waals surface area contributed by atoms with E-state index in [0.717, 1.165) is 23.7 Å².